The number of nitrogens with zero attached hydrogens (tertiary/aromatic N) is 1. The summed E-state index contributed by atoms with van der Waals surface area (Å²) >= 11 is 0. The van der Waals surface area contributed by atoms with E-state index in [1.165, 1.54) is 0 Å². The first kappa shape index (κ1) is 15.1. The molecule has 23 heavy (non-hydrogen) atoms. The maximum atomic E-state index is 12.3. The molecule has 0 saturated carbocycles. The van der Waals surface area contributed by atoms with Gasteiger partial charge in [0.05, 0.1) is 25.2 Å². The molecule has 1 amide bonds. The van der Waals surface area contributed by atoms with E-state index < -0.39 is 0 Å². The van der Waals surface area contributed by atoms with E-state index in [4.69, 9.17) is 4.74 Å². The molecule has 2 aromatic carbocycles. The fourth-order valence-corrected chi connectivity index (χ4v) is 2.66. The molecule has 0 aliphatic heterocycles. The van der Waals surface area contributed by atoms with Gasteiger partial charge in [0.15, 0.2) is 0 Å². The first-order valence-corrected chi connectivity index (χ1v) is 7.44. The molecule has 0 radical (unpaired) electrons. The van der Waals surface area contributed by atoms with Gasteiger partial charge in [-0.25, -0.2) is 0 Å². The van der Waals surface area contributed by atoms with Crippen LogP contribution in [0.2, 0.25) is 0 Å². The zero-order valence-electron chi connectivity index (χ0n) is 13.4. The number of benzene rings is 2. The van der Waals surface area contributed by atoms with E-state index >= 15 is 0 Å². The van der Waals surface area contributed by atoms with Crippen molar-refractivity contribution < 1.29 is 9.53 Å². The van der Waals surface area contributed by atoms with Crippen molar-refractivity contribution in [2.75, 3.05) is 12.4 Å². The molecule has 5 heteroatoms. The fraction of sp³-hybridized carbons (Fsp3) is 0.222. The largest absolute Gasteiger partial charge is 0.496 e. The Bertz CT molecular complexity index is 868. The van der Waals surface area contributed by atoms with Gasteiger partial charge >= 0.3 is 0 Å². The third-order valence-electron chi connectivity index (χ3n) is 4.15. The molecule has 1 heterocycles. The van der Waals surface area contributed by atoms with Gasteiger partial charge in [-0.3, -0.25) is 9.89 Å². The predicted molar refractivity (Wildman–Crippen MR) is 90.9 cm³/mol. The van der Waals surface area contributed by atoms with E-state index in [1.807, 2.05) is 44.2 Å². The SMILES string of the molecule is COc1ccc(CC(=O)Nc2ccc3cn[nH]c3c2)c(C)c1C. The van der Waals surface area contributed by atoms with Gasteiger partial charge in [-0.1, -0.05) is 6.07 Å². The number of methoxy groups -OCH3 is 1. The topological polar surface area (TPSA) is 67.0 Å². The van der Waals surface area contributed by atoms with Gasteiger partial charge in [0.2, 0.25) is 5.91 Å². The number of carbonyl (C=O) groups is 1. The van der Waals surface area contributed by atoms with Crippen LogP contribution in [-0.2, 0) is 11.2 Å². The lowest BCUT2D eigenvalue weighted by Gasteiger charge is -2.12. The number of fused-ring (bicyclic) bond motifs is 1. The lowest BCUT2D eigenvalue weighted by Crippen LogP contribution is -2.15. The van der Waals surface area contributed by atoms with Crippen molar-refractivity contribution in [2.45, 2.75) is 20.3 Å². The molecule has 0 atom stereocenters. The molecule has 0 saturated heterocycles. The number of aromatic nitrogens is 2. The minimum Gasteiger partial charge on any atom is -0.496 e. The highest BCUT2D eigenvalue weighted by Gasteiger charge is 2.11. The summed E-state index contributed by atoms with van der Waals surface area (Å²) in [5.41, 5.74) is 4.82. The van der Waals surface area contributed by atoms with E-state index in [0.717, 1.165) is 39.0 Å². The van der Waals surface area contributed by atoms with Crippen molar-refractivity contribution in [2.24, 2.45) is 0 Å². The van der Waals surface area contributed by atoms with Crippen LogP contribution in [0.4, 0.5) is 5.69 Å². The summed E-state index contributed by atoms with van der Waals surface area (Å²) in [4.78, 5) is 12.3. The smallest absolute Gasteiger partial charge is 0.228 e. The van der Waals surface area contributed by atoms with Crippen molar-refractivity contribution in [1.82, 2.24) is 10.2 Å². The van der Waals surface area contributed by atoms with Crippen LogP contribution in [0.15, 0.2) is 36.5 Å². The van der Waals surface area contributed by atoms with Crippen molar-refractivity contribution in [3.05, 3.63) is 53.2 Å². The van der Waals surface area contributed by atoms with E-state index in [1.54, 1.807) is 13.3 Å². The van der Waals surface area contributed by atoms with Crippen molar-refractivity contribution in [1.29, 1.82) is 0 Å². The molecule has 0 unspecified atom stereocenters. The average molecular weight is 309 g/mol. The Morgan fingerprint density at radius 3 is 2.83 bits per heavy atom. The first-order chi connectivity index (χ1) is 11.1. The molecule has 118 valence electrons. The van der Waals surface area contributed by atoms with Crippen LogP contribution in [0.3, 0.4) is 0 Å². The number of hydrogen-bond acceptors (Lipinski definition) is 3. The Balaban J connectivity index is 1.75. The third-order valence-corrected chi connectivity index (χ3v) is 4.15. The zero-order chi connectivity index (χ0) is 16.4. The van der Waals surface area contributed by atoms with Crippen LogP contribution in [0.25, 0.3) is 10.9 Å². The molecule has 3 rings (SSSR count). The Kier molecular flexibility index (Phi) is 4.02. The summed E-state index contributed by atoms with van der Waals surface area (Å²) in [6.45, 7) is 4.01. The van der Waals surface area contributed by atoms with Crippen LogP contribution in [0.5, 0.6) is 5.75 Å². The second-order valence-electron chi connectivity index (χ2n) is 5.57. The lowest BCUT2D eigenvalue weighted by molar-refractivity contribution is -0.115. The van der Waals surface area contributed by atoms with Crippen LogP contribution in [-0.4, -0.2) is 23.2 Å². The molecular formula is C18H19N3O2. The second-order valence-corrected chi connectivity index (χ2v) is 5.57. The Morgan fingerprint density at radius 1 is 1.22 bits per heavy atom. The Hall–Kier alpha value is -2.82. The van der Waals surface area contributed by atoms with Crippen LogP contribution < -0.4 is 10.1 Å². The number of hydrogen-bond donors (Lipinski definition) is 2. The van der Waals surface area contributed by atoms with Crippen LogP contribution >= 0.6 is 0 Å². The van der Waals surface area contributed by atoms with E-state index in [9.17, 15) is 4.79 Å². The Labute approximate surface area is 134 Å². The molecule has 0 aliphatic rings. The van der Waals surface area contributed by atoms with Gasteiger partial charge in [-0.05, 0) is 54.8 Å². The van der Waals surface area contributed by atoms with Gasteiger partial charge in [0, 0.05) is 11.1 Å². The maximum absolute atomic E-state index is 12.3. The molecule has 5 nitrogen and oxygen atoms in total. The van der Waals surface area contributed by atoms with Gasteiger partial charge in [0.25, 0.3) is 0 Å². The number of amides is 1. The number of nitrogens with one attached hydrogen (secondary N) is 2. The van der Waals surface area contributed by atoms with Gasteiger partial charge in [0.1, 0.15) is 5.75 Å². The molecule has 0 spiro atoms. The van der Waals surface area contributed by atoms with Crippen molar-refractivity contribution in [3.8, 4) is 5.75 Å². The average Bonchev–Trinajstić information content (AvgIpc) is 3.00. The van der Waals surface area contributed by atoms with Gasteiger partial charge in [-0.15, -0.1) is 0 Å². The molecular weight excluding hydrogens is 290 g/mol. The normalized spacial score (nSPS) is 10.7. The van der Waals surface area contributed by atoms with Crippen LogP contribution in [0, 0.1) is 13.8 Å². The minimum atomic E-state index is -0.0449. The number of H-pyrrole nitrogens is 1. The second kappa shape index (κ2) is 6.12. The highest BCUT2D eigenvalue weighted by atomic mass is 16.5. The number of rotatable bonds is 4. The van der Waals surface area contributed by atoms with E-state index in [2.05, 4.69) is 15.5 Å². The standard InChI is InChI=1S/C18H19N3O2/c1-11-12(2)17(23-3)7-5-13(11)8-18(22)20-15-6-4-14-10-19-21-16(14)9-15/h4-7,9-10H,8H2,1-3H3,(H,19,21)(H,20,22). The van der Waals surface area contributed by atoms with Gasteiger partial charge in [-0.2, -0.15) is 5.10 Å². The predicted octanol–water partition coefficient (Wildman–Crippen LogP) is 3.37. The zero-order valence-corrected chi connectivity index (χ0v) is 13.4. The monoisotopic (exact) mass is 309 g/mol. The Morgan fingerprint density at radius 2 is 2.04 bits per heavy atom. The summed E-state index contributed by atoms with van der Waals surface area (Å²) in [5.74, 6) is 0.799. The highest BCUT2D eigenvalue weighted by molar-refractivity contribution is 5.94. The number of ether oxygens (including phenoxy) is 1. The van der Waals surface area contributed by atoms with Crippen LogP contribution in [0.1, 0.15) is 16.7 Å². The summed E-state index contributed by atoms with van der Waals surface area (Å²) in [7, 11) is 1.65. The number of carbonyl (C=O) groups excluding carboxylic acids is 1. The summed E-state index contributed by atoms with van der Waals surface area (Å²) in [6, 6.07) is 9.53. The van der Waals surface area contributed by atoms with Gasteiger partial charge < -0.3 is 10.1 Å². The van der Waals surface area contributed by atoms with E-state index in [-0.39, 0.29) is 5.91 Å². The molecule has 1 aromatic heterocycles. The molecule has 3 aromatic rings. The summed E-state index contributed by atoms with van der Waals surface area (Å²) in [6.07, 6.45) is 2.09. The quantitative estimate of drug-likeness (QED) is 0.776. The third kappa shape index (κ3) is 3.04. The minimum absolute atomic E-state index is 0.0449. The van der Waals surface area contributed by atoms with Crippen molar-refractivity contribution >= 4 is 22.5 Å². The lowest BCUT2D eigenvalue weighted by atomic mass is 9.99. The summed E-state index contributed by atoms with van der Waals surface area (Å²) in [5, 5.41) is 10.8. The fourth-order valence-electron chi connectivity index (χ4n) is 2.66. The number of anilines is 1. The highest BCUT2D eigenvalue weighted by Crippen LogP contribution is 2.24. The van der Waals surface area contributed by atoms with Crippen molar-refractivity contribution in [3.63, 3.8) is 0 Å². The molecule has 0 bridgehead atoms. The summed E-state index contributed by atoms with van der Waals surface area (Å²) < 4.78 is 5.30. The molecule has 0 fully saturated rings. The molecule has 2 N–H and O–H groups in total. The first-order valence-electron chi connectivity index (χ1n) is 7.44. The molecule has 0 aliphatic carbocycles. The van der Waals surface area contributed by atoms with E-state index in [0.29, 0.717) is 6.42 Å². The number of aromatic amines is 1. The maximum Gasteiger partial charge on any atom is 0.228 e.